The Morgan fingerprint density at radius 3 is 2.81 bits per heavy atom. The SMILES string of the molecule is CC1CC1c1ccc(-c2c(N)cnn2C)o1. The lowest BCUT2D eigenvalue weighted by molar-refractivity contribution is 0.513. The monoisotopic (exact) mass is 217 g/mol. The summed E-state index contributed by atoms with van der Waals surface area (Å²) in [5.74, 6) is 3.24. The highest BCUT2D eigenvalue weighted by atomic mass is 16.3. The zero-order valence-electron chi connectivity index (χ0n) is 9.47. The van der Waals surface area contributed by atoms with Crippen molar-refractivity contribution in [2.45, 2.75) is 19.3 Å². The third-order valence-electron chi connectivity index (χ3n) is 3.30. The molecule has 2 atom stereocenters. The zero-order valence-corrected chi connectivity index (χ0v) is 9.47. The van der Waals surface area contributed by atoms with E-state index in [4.69, 9.17) is 10.2 Å². The molecule has 0 amide bonds. The third-order valence-corrected chi connectivity index (χ3v) is 3.30. The van der Waals surface area contributed by atoms with E-state index in [2.05, 4.69) is 18.1 Å². The van der Waals surface area contributed by atoms with Gasteiger partial charge in [0.15, 0.2) is 5.76 Å². The van der Waals surface area contributed by atoms with Crippen LogP contribution in [0.1, 0.15) is 25.0 Å². The van der Waals surface area contributed by atoms with Crippen LogP contribution in [0.2, 0.25) is 0 Å². The molecule has 1 aliphatic rings. The number of aryl methyl sites for hydroxylation is 1. The molecule has 2 unspecified atom stereocenters. The fourth-order valence-corrected chi connectivity index (χ4v) is 2.15. The highest BCUT2D eigenvalue weighted by Crippen LogP contribution is 2.48. The fraction of sp³-hybridized carbons (Fsp3) is 0.417. The van der Waals surface area contributed by atoms with Gasteiger partial charge in [-0.15, -0.1) is 0 Å². The van der Waals surface area contributed by atoms with Crippen molar-refractivity contribution in [2.75, 3.05) is 5.73 Å². The molecule has 2 aromatic rings. The highest BCUT2D eigenvalue weighted by molar-refractivity contribution is 5.68. The quantitative estimate of drug-likeness (QED) is 0.840. The molecule has 2 aromatic heterocycles. The molecular weight excluding hydrogens is 202 g/mol. The molecule has 84 valence electrons. The summed E-state index contributed by atoms with van der Waals surface area (Å²) in [5, 5.41) is 4.11. The molecule has 3 rings (SSSR count). The second-order valence-corrected chi connectivity index (χ2v) is 4.59. The summed E-state index contributed by atoms with van der Waals surface area (Å²) in [7, 11) is 1.87. The molecule has 1 fully saturated rings. The summed E-state index contributed by atoms with van der Waals surface area (Å²) >= 11 is 0. The lowest BCUT2D eigenvalue weighted by Crippen LogP contribution is -1.94. The van der Waals surface area contributed by atoms with E-state index in [1.165, 1.54) is 6.42 Å². The van der Waals surface area contributed by atoms with Gasteiger partial charge in [-0.3, -0.25) is 4.68 Å². The predicted molar refractivity (Wildman–Crippen MR) is 61.8 cm³/mol. The summed E-state index contributed by atoms with van der Waals surface area (Å²) < 4.78 is 7.59. The van der Waals surface area contributed by atoms with Crippen LogP contribution in [0.5, 0.6) is 0 Å². The smallest absolute Gasteiger partial charge is 0.154 e. The molecule has 2 heterocycles. The van der Waals surface area contributed by atoms with Crippen molar-refractivity contribution in [3.8, 4) is 11.5 Å². The van der Waals surface area contributed by atoms with Crippen molar-refractivity contribution >= 4 is 5.69 Å². The van der Waals surface area contributed by atoms with Crippen molar-refractivity contribution in [1.29, 1.82) is 0 Å². The van der Waals surface area contributed by atoms with E-state index < -0.39 is 0 Å². The van der Waals surface area contributed by atoms with Gasteiger partial charge in [-0.2, -0.15) is 5.10 Å². The van der Waals surface area contributed by atoms with Gasteiger partial charge in [-0.05, 0) is 24.5 Å². The average molecular weight is 217 g/mol. The molecule has 0 radical (unpaired) electrons. The van der Waals surface area contributed by atoms with Crippen LogP contribution in [-0.4, -0.2) is 9.78 Å². The maximum atomic E-state index is 5.86. The first-order valence-corrected chi connectivity index (χ1v) is 5.54. The first-order chi connectivity index (χ1) is 7.66. The molecule has 0 spiro atoms. The van der Waals surface area contributed by atoms with Crippen molar-refractivity contribution < 1.29 is 4.42 Å². The Bertz CT molecular complexity index is 507. The molecular formula is C12H15N3O. The Kier molecular flexibility index (Phi) is 1.87. The van der Waals surface area contributed by atoms with Gasteiger partial charge in [0.05, 0.1) is 11.9 Å². The largest absolute Gasteiger partial charge is 0.459 e. The van der Waals surface area contributed by atoms with E-state index in [1.54, 1.807) is 10.9 Å². The fourth-order valence-electron chi connectivity index (χ4n) is 2.15. The van der Waals surface area contributed by atoms with E-state index in [0.717, 1.165) is 23.1 Å². The first-order valence-electron chi connectivity index (χ1n) is 5.54. The van der Waals surface area contributed by atoms with E-state index >= 15 is 0 Å². The Morgan fingerprint density at radius 2 is 2.25 bits per heavy atom. The molecule has 0 saturated heterocycles. The second kappa shape index (κ2) is 3.14. The van der Waals surface area contributed by atoms with Crippen LogP contribution in [0.15, 0.2) is 22.7 Å². The summed E-state index contributed by atoms with van der Waals surface area (Å²) in [6.07, 6.45) is 2.88. The van der Waals surface area contributed by atoms with Crippen LogP contribution in [0.4, 0.5) is 5.69 Å². The molecule has 4 heteroatoms. The number of rotatable bonds is 2. The Labute approximate surface area is 94.0 Å². The topological polar surface area (TPSA) is 57.0 Å². The van der Waals surface area contributed by atoms with Gasteiger partial charge < -0.3 is 10.2 Å². The zero-order chi connectivity index (χ0) is 11.3. The summed E-state index contributed by atoms with van der Waals surface area (Å²) in [5.41, 5.74) is 7.38. The van der Waals surface area contributed by atoms with Gasteiger partial charge in [0.25, 0.3) is 0 Å². The van der Waals surface area contributed by atoms with E-state index in [9.17, 15) is 0 Å². The molecule has 0 bridgehead atoms. The summed E-state index contributed by atoms with van der Waals surface area (Å²) in [6.45, 7) is 2.24. The van der Waals surface area contributed by atoms with Crippen molar-refractivity contribution in [3.63, 3.8) is 0 Å². The molecule has 4 nitrogen and oxygen atoms in total. The van der Waals surface area contributed by atoms with Gasteiger partial charge in [-0.1, -0.05) is 6.92 Å². The van der Waals surface area contributed by atoms with Gasteiger partial charge in [0.2, 0.25) is 0 Å². The molecule has 2 N–H and O–H groups in total. The maximum absolute atomic E-state index is 5.86. The van der Waals surface area contributed by atoms with Crippen molar-refractivity contribution in [2.24, 2.45) is 13.0 Å². The normalized spacial score (nSPS) is 23.6. The molecule has 0 aromatic carbocycles. The van der Waals surface area contributed by atoms with Gasteiger partial charge >= 0.3 is 0 Å². The lowest BCUT2D eigenvalue weighted by atomic mass is 10.2. The van der Waals surface area contributed by atoms with Gasteiger partial charge in [0, 0.05) is 13.0 Å². The minimum atomic E-state index is 0.600. The first kappa shape index (κ1) is 9.51. The van der Waals surface area contributed by atoms with Crippen LogP contribution >= 0.6 is 0 Å². The number of nitrogens with two attached hydrogens (primary N) is 1. The average Bonchev–Trinajstić information content (AvgIpc) is 2.68. The van der Waals surface area contributed by atoms with E-state index in [-0.39, 0.29) is 0 Å². The van der Waals surface area contributed by atoms with E-state index in [1.807, 2.05) is 13.1 Å². The standard InChI is InChI=1S/C12H15N3O/c1-7-5-8(7)10-3-4-11(16-10)12-9(13)6-14-15(12)2/h3-4,6-8H,5,13H2,1-2H3. The Balaban J connectivity index is 1.98. The van der Waals surface area contributed by atoms with Crippen molar-refractivity contribution in [3.05, 3.63) is 24.1 Å². The number of aromatic nitrogens is 2. The molecule has 1 aliphatic carbocycles. The third kappa shape index (κ3) is 1.33. The molecule has 1 saturated carbocycles. The summed E-state index contributed by atoms with van der Waals surface area (Å²) in [4.78, 5) is 0. The lowest BCUT2D eigenvalue weighted by Gasteiger charge is -1.99. The highest BCUT2D eigenvalue weighted by Gasteiger charge is 2.36. The predicted octanol–water partition coefficient (Wildman–Crippen LogP) is 2.39. The summed E-state index contributed by atoms with van der Waals surface area (Å²) in [6, 6.07) is 4.03. The Morgan fingerprint density at radius 1 is 1.50 bits per heavy atom. The molecule has 16 heavy (non-hydrogen) atoms. The number of nitrogens with zero attached hydrogens (tertiary/aromatic N) is 2. The van der Waals surface area contributed by atoms with Crippen LogP contribution in [-0.2, 0) is 7.05 Å². The van der Waals surface area contributed by atoms with Gasteiger partial charge in [-0.25, -0.2) is 0 Å². The minimum absolute atomic E-state index is 0.600. The van der Waals surface area contributed by atoms with E-state index in [0.29, 0.717) is 11.6 Å². The minimum Gasteiger partial charge on any atom is -0.459 e. The second-order valence-electron chi connectivity index (χ2n) is 4.59. The number of furan rings is 1. The Hall–Kier alpha value is -1.71. The number of nitrogen functional groups attached to an aromatic ring is 1. The van der Waals surface area contributed by atoms with Crippen LogP contribution in [0.25, 0.3) is 11.5 Å². The van der Waals surface area contributed by atoms with Crippen LogP contribution < -0.4 is 5.73 Å². The number of anilines is 1. The van der Waals surface area contributed by atoms with Crippen LogP contribution in [0.3, 0.4) is 0 Å². The number of hydrogen-bond donors (Lipinski definition) is 1. The molecule has 0 aliphatic heterocycles. The number of hydrogen-bond acceptors (Lipinski definition) is 3. The van der Waals surface area contributed by atoms with Crippen molar-refractivity contribution in [1.82, 2.24) is 9.78 Å². The van der Waals surface area contributed by atoms with Gasteiger partial charge in [0.1, 0.15) is 11.5 Å². The van der Waals surface area contributed by atoms with Crippen LogP contribution in [0, 0.1) is 5.92 Å². The maximum Gasteiger partial charge on any atom is 0.154 e.